The Hall–Kier alpha value is -3.28. The zero-order valence-corrected chi connectivity index (χ0v) is 25.3. The molecule has 6 rings (SSSR count). The fourth-order valence-electron chi connectivity index (χ4n) is 8.98. The molecule has 1 aromatic rings. The molecule has 244 valence electrons. The van der Waals surface area contributed by atoms with Crippen LogP contribution in [0.2, 0.25) is 0 Å². The minimum atomic E-state index is -5.91. The fraction of sp³-hybridized carbons (Fsp3) is 0.606. The van der Waals surface area contributed by atoms with Crippen LogP contribution in [-0.2, 0) is 9.53 Å². The number of carbonyl (C=O) groups excluding carboxylic acids is 3. The van der Waals surface area contributed by atoms with Crippen molar-refractivity contribution in [1.29, 1.82) is 0 Å². The molecule has 4 aliphatic carbocycles. The molecule has 2 amide bonds. The molecule has 0 bridgehead atoms. The molecule has 0 spiro atoms. The molecule has 12 heteroatoms. The predicted molar refractivity (Wildman–Crippen MR) is 153 cm³/mol. The number of piperazine rings is 1. The predicted octanol–water partition coefficient (Wildman–Crippen LogP) is 6.04. The number of carbonyl (C=O) groups is 3. The van der Waals surface area contributed by atoms with Crippen molar-refractivity contribution in [3.63, 3.8) is 0 Å². The van der Waals surface area contributed by atoms with E-state index < -0.39 is 47.5 Å². The third kappa shape index (κ3) is 4.80. The van der Waals surface area contributed by atoms with Gasteiger partial charge in [-0.1, -0.05) is 24.6 Å². The van der Waals surface area contributed by atoms with E-state index in [1.165, 1.54) is 18.9 Å². The number of allylic oxidation sites excluding steroid dienone is 4. The average molecular weight is 637 g/mol. The lowest BCUT2D eigenvalue weighted by Gasteiger charge is -2.56. The van der Waals surface area contributed by atoms with Crippen LogP contribution in [0.5, 0.6) is 0 Å². The van der Waals surface area contributed by atoms with Crippen molar-refractivity contribution < 1.29 is 46.2 Å². The minimum absolute atomic E-state index is 0.0142. The smallest absolute Gasteiger partial charge is 0.453 e. The van der Waals surface area contributed by atoms with E-state index in [-0.39, 0.29) is 30.4 Å². The summed E-state index contributed by atoms with van der Waals surface area (Å²) in [6, 6.07) is 6.71. The molecule has 1 aliphatic heterocycles. The Morgan fingerprint density at radius 1 is 0.956 bits per heavy atom. The number of ether oxygens (including phenoxy) is 1. The summed E-state index contributed by atoms with van der Waals surface area (Å²) in [5, 5.41) is 11.4. The van der Waals surface area contributed by atoms with Crippen LogP contribution in [-0.4, -0.2) is 83.7 Å². The number of nitrogens with zero attached hydrogens (tertiary/aromatic N) is 2. The zero-order chi connectivity index (χ0) is 32.5. The number of hydrogen-bond acceptors (Lipinski definition) is 5. The first-order chi connectivity index (χ1) is 21.1. The SMILES string of the molecule is COC(=O)N1CCN(C(=O)c2ccc([C@H]3CC4(C)[C@@H](CC[C@@]4(O)C(F)(F)C(F)(F)F)C4CCC5=CC(=O)CCC5=C43)cc2)CC1. The second-order valence-corrected chi connectivity index (χ2v) is 13.3. The average Bonchev–Trinajstić information content (AvgIpc) is 3.30. The largest absolute Gasteiger partial charge is 0.456 e. The highest BCUT2D eigenvalue weighted by Gasteiger charge is 2.79. The number of benzene rings is 1. The maximum absolute atomic E-state index is 15.2. The van der Waals surface area contributed by atoms with Gasteiger partial charge in [0.1, 0.15) is 5.60 Å². The number of hydrogen-bond donors (Lipinski definition) is 1. The van der Waals surface area contributed by atoms with Gasteiger partial charge in [0.05, 0.1) is 7.11 Å². The number of ketones is 1. The Labute approximate surface area is 258 Å². The van der Waals surface area contributed by atoms with E-state index in [4.69, 9.17) is 4.74 Å². The van der Waals surface area contributed by atoms with E-state index >= 15 is 8.78 Å². The summed E-state index contributed by atoms with van der Waals surface area (Å²) >= 11 is 0. The molecule has 2 unspecified atom stereocenters. The minimum Gasteiger partial charge on any atom is -0.453 e. The molecule has 2 saturated carbocycles. The van der Waals surface area contributed by atoms with Gasteiger partial charge in [0.25, 0.3) is 5.91 Å². The monoisotopic (exact) mass is 636 g/mol. The van der Waals surface area contributed by atoms with Gasteiger partial charge in [-0.25, -0.2) is 4.79 Å². The number of halogens is 5. The molecule has 0 radical (unpaired) electrons. The van der Waals surface area contributed by atoms with Gasteiger partial charge in [0, 0.05) is 49.5 Å². The van der Waals surface area contributed by atoms with E-state index in [0.717, 1.165) is 16.7 Å². The second-order valence-electron chi connectivity index (χ2n) is 13.3. The van der Waals surface area contributed by atoms with Gasteiger partial charge in [-0.15, -0.1) is 0 Å². The van der Waals surface area contributed by atoms with Crippen molar-refractivity contribution in [2.24, 2.45) is 17.3 Å². The molecule has 1 heterocycles. The number of alkyl halides is 5. The lowest BCUT2D eigenvalue weighted by atomic mass is 9.50. The summed E-state index contributed by atoms with van der Waals surface area (Å²) in [5.74, 6) is -7.02. The molecule has 5 atom stereocenters. The molecular formula is C33H37F5N2O5. The van der Waals surface area contributed by atoms with Gasteiger partial charge in [-0.2, -0.15) is 22.0 Å². The molecular weight excluding hydrogens is 599 g/mol. The van der Waals surface area contributed by atoms with E-state index in [2.05, 4.69) is 0 Å². The lowest BCUT2D eigenvalue weighted by Crippen LogP contribution is -2.65. The fourth-order valence-corrected chi connectivity index (χ4v) is 8.98. The number of aliphatic hydroxyl groups is 1. The Morgan fingerprint density at radius 3 is 2.22 bits per heavy atom. The lowest BCUT2D eigenvalue weighted by molar-refractivity contribution is -0.362. The van der Waals surface area contributed by atoms with Crippen molar-refractivity contribution in [3.05, 3.63) is 58.2 Å². The highest BCUT2D eigenvalue weighted by Crippen LogP contribution is 2.70. The van der Waals surface area contributed by atoms with Crippen LogP contribution in [0.15, 0.2) is 47.1 Å². The Balaban J connectivity index is 1.36. The number of methoxy groups -OCH3 is 1. The van der Waals surface area contributed by atoms with Crippen LogP contribution in [0.25, 0.3) is 0 Å². The van der Waals surface area contributed by atoms with Crippen LogP contribution in [0.1, 0.15) is 73.7 Å². The van der Waals surface area contributed by atoms with Gasteiger partial charge >= 0.3 is 18.2 Å². The van der Waals surface area contributed by atoms with E-state index in [1.54, 1.807) is 35.2 Å². The maximum atomic E-state index is 15.2. The standard InChI is InChI=1S/C33H37F5N2O5/c1-30-18-25(19-3-5-20(6-4-19)28(42)39-13-15-40(16-14-39)29(43)45-2)27-23-10-8-22(41)17-21(23)7-9-24(27)26(30)11-12-31(30,44)32(34,35)33(36,37)38/h3-6,17,24-26,44H,7-16,18H2,1-2H3/t24?,25-,26+,30?,31+/m1/s1. The number of rotatable bonds is 3. The van der Waals surface area contributed by atoms with Gasteiger partial charge < -0.3 is 19.6 Å². The molecule has 1 N–H and O–H groups in total. The third-order valence-electron chi connectivity index (χ3n) is 11.3. The Bertz CT molecular complexity index is 1460. The zero-order valence-electron chi connectivity index (χ0n) is 25.3. The van der Waals surface area contributed by atoms with Crippen LogP contribution in [0, 0.1) is 17.3 Å². The maximum Gasteiger partial charge on any atom is 0.456 e. The Kier molecular flexibility index (Phi) is 7.69. The van der Waals surface area contributed by atoms with Gasteiger partial charge in [-0.3, -0.25) is 9.59 Å². The summed E-state index contributed by atoms with van der Waals surface area (Å²) in [5.41, 5.74) is -1.12. The second kappa shape index (κ2) is 10.9. The molecule has 0 aromatic heterocycles. The van der Waals surface area contributed by atoms with Gasteiger partial charge in [0.15, 0.2) is 5.78 Å². The van der Waals surface area contributed by atoms with Crippen molar-refractivity contribution >= 4 is 17.8 Å². The van der Waals surface area contributed by atoms with Crippen molar-refractivity contribution in [2.75, 3.05) is 33.3 Å². The first-order valence-electron chi connectivity index (χ1n) is 15.5. The van der Waals surface area contributed by atoms with Crippen molar-refractivity contribution in [2.45, 2.75) is 75.5 Å². The van der Waals surface area contributed by atoms with Gasteiger partial charge in [0.2, 0.25) is 0 Å². The molecule has 3 fully saturated rings. The molecule has 1 saturated heterocycles. The van der Waals surface area contributed by atoms with Crippen molar-refractivity contribution in [1.82, 2.24) is 9.80 Å². The van der Waals surface area contributed by atoms with E-state index in [1.807, 2.05) is 0 Å². The van der Waals surface area contributed by atoms with Crippen LogP contribution in [0.3, 0.4) is 0 Å². The first-order valence-corrected chi connectivity index (χ1v) is 15.5. The van der Waals surface area contributed by atoms with Crippen LogP contribution in [0.4, 0.5) is 26.7 Å². The topological polar surface area (TPSA) is 87.2 Å². The van der Waals surface area contributed by atoms with E-state index in [9.17, 15) is 32.7 Å². The molecule has 5 aliphatic rings. The summed E-state index contributed by atoms with van der Waals surface area (Å²) < 4.78 is 76.6. The summed E-state index contributed by atoms with van der Waals surface area (Å²) in [6.45, 7) is 2.66. The summed E-state index contributed by atoms with van der Waals surface area (Å²) in [7, 11) is 1.29. The normalized spacial score (nSPS) is 32.0. The third-order valence-corrected chi connectivity index (χ3v) is 11.3. The number of amides is 2. The van der Waals surface area contributed by atoms with Gasteiger partial charge in [-0.05, 0) is 85.3 Å². The quantitative estimate of drug-likeness (QED) is 0.409. The highest BCUT2D eigenvalue weighted by molar-refractivity contribution is 5.94. The molecule has 45 heavy (non-hydrogen) atoms. The first kappa shape index (κ1) is 31.7. The summed E-state index contributed by atoms with van der Waals surface area (Å²) in [4.78, 5) is 40.5. The van der Waals surface area contributed by atoms with Crippen molar-refractivity contribution in [3.8, 4) is 0 Å². The molecule has 7 nitrogen and oxygen atoms in total. The van der Waals surface area contributed by atoms with Crippen LogP contribution >= 0.6 is 0 Å². The highest BCUT2D eigenvalue weighted by atomic mass is 19.4. The number of fused-ring (bicyclic) bond motifs is 4. The Morgan fingerprint density at radius 2 is 1.60 bits per heavy atom. The summed E-state index contributed by atoms with van der Waals surface area (Å²) in [6.07, 6.45) is -3.68. The van der Waals surface area contributed by atoms with E-state index in [0.29, 0.717) is 63.0 Å². The molecule has 1 aromatic carbocycles. The van der Waals surface area contributed by atoms with Crippen LogP contribution < -0.4 is 0 Å².